The van der Waals surface area contributed by atoms with Crippen LogP contribution < -0.4 is 5.32 Å². The van der Waals surface area contributed by atoms with Gasteiger partial charge in [0.2, 0.25) is 0 Å². The molecule has 0 aliphatic rings. The van der Waals surface area contributed by atoms with Crippen LogP contribution in [-0.4, -0.2) is 9.97 Å². The fraction of sp³-hybridized carbons (Fsp3) is 0.167. The van der Waals surface area contributed by atoms with Gasteiger partial charge < -0.3 is 5.32 Å². The largest absolute Gasteiger partial charge is 0.339 e. The Labute approximate surface area is 113 Å². The first-order chi connectivity index (χ1) is 8.20. The second-order valence-corrected chi connectivity index (χ2v) is 4.65. The molecule has 0 fully saturated rings. The molecule has 2 aromatic rings. The average molecular weight is 313 g/mol. The van der Waals surface area contributed by atoms with Crippen molar-refractivity contribution < 1.29 is 0 Å². The lowest BCUT2D eigenvalue weighted by atomic mass is 10.1. The number of aromatic nitrogens is 2. The van der Waals surface area contributed by atoms with Crippen LogP contribution >= 0.6 is 27.5 Å². The zero-order valence-electron chi connectivity index (χ0n) is 9.24. The van der Waals surface area contributed by atoms with E-state index in [2.05, 4.69) is 50.3 Å². The number of rotatable bonds is 3. The molecule has 0 atom stereocenters. The number of benzene rings is 1. The van der Waals surface area contributed by atoms with E-state index in [9.17, 15) is 0 Å². The highest BCUT2D eigenvalue weighted by molar-refractivity contribution is 9.10. The SMILES string of the molecule is CCc1ccc(Nc2ncnc(Cl)c2Br)cc1. The molecule has 88 valence electrons. The lowest BCUT2D eigenvalue weighted by Gasteiger charge is -2.08. The van der Waals surface area contributed by atoms with Gasteiger partial charge in [-0.2, -0.15) is 0 Å². The fourth-order valence-electron chi connectivity index (χ4n) is 1.40. The monoisotopic (exact) mass is 311 g/mol. The number of aryl methyl sites for hydroxylation is 1. The topological polar surface area (TPSA) is 37.8 Å². The Hall–Kier alpha value is -1.13. The standard InChI is InChI=1S/C12H11BrClN3/c1-2-8-3-5-9(6-4-8)17-12-10(13)11(14)15-7-16-12/h3-7H,2H2,1H3,(H,15,16,17). The smallest absolute Gasteiger partial charge is 0.149 e. The van der Waals surface area contributed by atoms with E-state index in [-0.39, 0.29) is 0 Å². The molecular weight excluding hydrogens is 302 g/mol. The summed E-state index contributed by atoms with van der Waals surface area (Å²) in [6.45, 7) is 2.13. The van der Waals surface area contributed by atoms with Gasteiger partial charge in [0.25, 0.3) is 0 Å². The molecule has 17 heavy (non-hydrogen) atoms. The lowest BCUT2D eigenvalue weighted by Crippen LogP contribution is -1.96. The third kappa shape index (κ3) is 2.96. The van der Waals surface area contributed by atoms with Crippen molar-refractivity contribution in [2.75, 3.05) is 5.32 Å². The maximum atomic E-state index is 5.89. The molecule has 1 N–H and O–H groups in total. The second kappa shape index (κ2) is 5.47. The second-order valence-electron chi connectivity index (χ2n) is 3.50. The highest BCUT2D eigenvalue weighted by Crippen LogP contribution is 2.28. The summed E-state index contributed by atoms with van der Waals surface area (Å²) in [4.78, 5) is 8.00. The predicted molar refractivity (Wildman–Crippen MR) is 73.8 cm³/mol. The highest BCUT2D eigenvalue weighted by atomic mass is 79.9. The minimum atomic E-state index is 0.396. The summed E-state index contributed by atoms with van der Waals surface area (Å²) in [7, 11) is 0. The first-order valence-corrected chi connectivity index (χ1v) is 6.39. The summed E-state index contributed by atoms with van der Waals surface area (Å²) in [6.07, 6.45) is 2.46. The molecule has 1 aromatic heterocycles. The Bertz CT molecular complexity index is 514. The van der Waals surface area contributed by atoms with Crippen LogP contribution in [0.15, 0.2) is 35.1 Å². The van der Waals surface area contributed by atoms with Crippen molar-refractivity contribution in [3.63, 3.8) is 0 Å². The summed E-state index contributed by atoms with van der Waals surface area (Å²) in [6, 6.07) is 8.20. The van der Waals surface area contributed by atoms with Gasteiger partial charge in [-0.05, 0) is 40.0 Å². The van der Waals surface area contributed by atoms with Crippen LogP contribution in [0.3, 0.4) is 0 Å². The van der Waals surface area contributed by atoms with Gasteiger partial charge >= 0.3 is 0 Å². The summed E-state index contributed by atoms with van der Waals surface area (Å²) >= 11 is 9.24. The Morgan fingerprint density at radius 2 is 1.94 bits per heavy atom. The molecule has 0 bridgehead atoms. The van der Waals surface area contributed by atoms with Crippen molar-refractivity contribution >= 4 is 39.0 Å². The predicted octanol–water partition coefficient (Wildman–Crippen LogP) is 4.20. The van der Waals surface area contributed by atoms with Gasteiger partial charge in [0.1, 0.15) is 17.3 Å². The normalized spacial score (nSPS) is 10.3. The van der Waals surface area contributed by atoms with Gasteiger partial charge in [0.05, 0.1) is 4.47 Å². The maximum Gasteiger partial charge on any atom is 0.149 e. The van der Waals surface area contributed by atoms with Crippen LogP contribution in [0.2, 0.25) is 5.15 Å². The lowest BCUT2D eigenvalue weighted by molar-refractivity contribution is 1.14. The van der Waals surface area contributed by atoms with Gasteiger partial charge in [-0.1, -0.05) is 30.7 Å². The third-order valence-electron chi connectivity index (χ3n) is 2.37. The highest BCUT2D eigenvalue weighted by Gasteiger charge is 2.06. The summed E-state index contributed by atoms with van der Waals surface area (Å²) in [5, 5.41) is 3.58. The molecule has 0 aliphatic heterocycles. The van der Waals surface area contributed by atoms with E-state index in [1.54, 1.807) is 0 Å². The van der Waals surface area contributed by atoms with Crippen molar-refractivity contribution in [2.24, 2.45) is 0 Å². The summed E-state index contributed by atoms with van der Waals surface area (Å²) in [5.74, 6) is 0.661. The molecule has 5 heteroatoms. The zero-order chi connectivity index (χ0) is 12.3. The van der Waals surface area contributed by atoms with E-state index in [1.807, 2.05) is 12.1 Å². The number of nitrogens with one attached hydrogen (secondary N) is 1. The van der Waals surface area contributed by atoms with Gasteiger partial charge in [-0.25, -0.2) is 9.97 Å². The van der Waals surface area contributed by atoms with Gasteiger partial charge in [0, 0.05) is 5.69 Å². The van der Waals surface area contributed by atoms with E-state index in [1.165, 1.54) is 11.9 Å². The zero-order valence-corrected chi connectivity index (χ0v) is 11.6. The molecule has 1 heterocycles. The van der Waals surface area contributed by atoms with Crippen LogP contribution in [-0.2, 0) is 6.42 Å². The molecule has 0 radical (unpaired) electrons. The third-order valence-corrected chi connectivity index (χ3v) is 3.64. The minimum Gasteiger partial charge on any atom is -0.339 e. The fourth-order valence-corrected chi connectivity index (χ4v) is 1.83. The molecule has 0 amide bonds. The molecule has 0 aliphatic carbocycles. The van der Waals surface area contributed by atoms with E-state index in [4.69, 9.17) is 11.6 Å². The molecule has 0 saturated carbocycles. The number of anilines is 2. The number of hydrogen-bond acceptors (Lipinski definition) is 3. The number of nitrogens with zero attached hydrogens (tertiary/aromatic N) is 2. The average Bonchev–Trinajstić information content (AvgIpc) is 2.36. The molecule has 2 rings (SSSR count). The molecule has 3 nitrogen and oxygen atoms in total. The molecule has 0 unspecified atom stereocenters. The van der Waals surface area contributed by atoms with Crippen LogP contribution in [0, 0.1) is 0 Å². The quantitative estimate of drug-likeness (QED) is 0.863. The molecular formula is C12H11BrClN3. The van der Waals surface area contributed by atoms with E-state index in [0.717, 1.165) is 12.1 Å². The first-order valence-electron chi connectivity index (χ1n) is 5.22. The van der Waals surface area contributed by atoms with Crippen molar-refractivity contribution in [3.8, 4) is 0 Å². The summed E-state index contributed by atoms with van der Waals surface area (Å²) < 4.78 is 0.668. The van der Waals surface area contributed by atoms with Crippen molar-refractivity contribution in [3.05, 3.63) is 45.8 Å². The van der Waals surface area contributed by atoms with Crippen LogP contribution in [0.1, 0.15) is 12.5 Å². The first kappa shape index (κ1) is 12.3. The maximum absolute atomic E-state index is 5.89. The molecule has 1 aromatic carbocycles. The van der Waals surface area contributed by atoms with Gasteiger partial charge in [-0.3, -0.25) is 0 Å². The number of hydrogen-bond donors (Lipinski definition) is 1. The van der Waals surface area contributed by atoms with Crippen LogP contribution in [0.4, 0.5) is 11.5 Å². The van der Waals surface area contributed by atoms with Gasteiger partial charge in [0.15, 0.2) is 0 Å². The van der Waals surface area contributed by atoms with Gasteiger partial charge in [-0.15, -0.1) is 0 Å². The van der Waals surface area contributed by atoms with Crippen molar-refractivity contribution in [1.29, 1.82) is 0 Å². The van der Waals surface area contributed by atoms with Crippen LogP contribution in [0.5, 0.6) is 0 Å². The van der Waals surface area contributed by atoms with E-state index in [0.29, 0.717) is 15.4 Å². The minimum absolute atomic E-state index is 0.396. The Kier molecular flexibility index (Phi) is 3.97. The van der Waals surface area contributed by atoms with Crippen molar-refractivity contribution in [1.82, 2.24) is 9.97 Å². The molecule has 0 saturated heterocycles. The Morgan fingerprint density at radius 1 is 1.24 bits per heavy atom. The van der Waals surface area contributed by atoms with E-state index < -0.39 is 0 Å². The van der Waals surface area contributed by atoms with E-state index >= 15 is 0 Å². The number of halogens is 2. The Morgan fingerprint density at radius 3 is 2.59 bits per heavy atom. The Balaban J connectivity index is 2.22. The molecule has 0 spiro atoms. The van der Waals surface area contributed by atoms with Crippen LogP contribution in [0.25, 0.3) is 0 Å². The summed E-state index contributed by atoms with van der Waals surface area (Å²) in [5.41, 5.74) is 2.27. The van der Waals surface area contributed by atoms with Crippen molar-refractivity contribution in [2.45, 2.75) is 13.3 Å².